The van der Waals surface area contributed by atoms with Gasteiger partial charge in [-0.2, -0.15) is 0 Å². The third-order valence-corrected chi connectivity index (χ3v) is 6.49. The number of carbonyl (C=O) groups excluding carboxylic acids is 2. The molecule has 2 unspecified atom stereocenters. The molecule has 1 N–H and O–H groups in total. The van der Waals surface area contributed by atoms with Crippen LogP contribution in [-0.2, 0) is 14.3 Å². The molecule has 2 aromatic rings. The first-order chi connectivity index (χ1) is 16.9. The standard InChI is InChI=1S/C26H28ClNO7/c1-4-34-20-10-7-15(13-21(20)33-3)23-22(24(29)16-8-9-19(32-2)18(27)12-16)25(30)26(31)28(23)14-17-6-5-11-35-17/h7-10,12-13,17,23,29H,4-6,11,14H2,1-3H3/b24-22-. The van der Waals surface area contributed by atoms with Crippen molar-refractivity contribution in [3.8, 4) is 17.2 Å². The molecule has 9 heteroatoms. The number of ether oxygens (including phenoxy) is 4. The zero-order valence-corrected chi connectivity index (χ0v) is 20.6. The number of Topliss-reactive ketones (excluding diaryl/α,β-unsaturated/α-hetero) is 1. The van der Waals surface area contributed by atoms with Crippen LogP contribution in [0.4, 0.5) is 0 Å². The number of benzene rings is 2. The van der Waals surface area contributed by atoms with E-state index in [9.17, 15) is 14.7 Å². The van der Waals surface area contributed by atoms with Crippen molar-refractivity contribution in [2.75, 3.05) is 34.0 Å². The molecule has 0 aliphatic carbocycles. The Hall–Kier alpha value is -3.23. The number of aliphatic hydroxyl groups excluding tert-OH is 1. The van der Waals surface area contributed by atoms with Crippen LogP contribution in [0.3, 0.4) is 0 Å². The van der Waals surface area contributed by atoms with Gasteiger partial charge in [0, 0.05) is 18.7 Å². The van der Waals surface area contributed by atoms with E-state index in [0.717, 1.165) is 12.8 Å². The van der Waals surface area contributed by atoms with Gasteiger partial charge in [-0.1, -0.05) is 17.7 Å². The number of rotatable bonds is 8. The van der Waals surface area contributed by atoms with Gasteiger partial charge in [-0.15, -0.1) is 0 Å². The van der Waals surface area contributed by atoms with Gasteiger partial charge >= 0.3 is 0 Å². The molecule has 8 nitrogen and oxygen atoms in total. The molecule has 1 amide bonds. The molecular formula is C26H28ClNO7. The third-order valence-electron chi connectivity index (χ3n) is 6.19. The van der Waals surface area contributed by atoms with Crippen LogP contribution in [-0.4, -0.2) is 61.8 Å². The second-order valence-corrected chi connectivity index (χ2v) is 8.69. The van der Waals surface area contributed by atoms with Crippen molar-refractivity contribution < 1.29 is 33.6 Å². The SMILES string of the molecule is CCOc1ccc(C2/C(=C(/O)c3ccc(OC)c(Cl)c3)C(=O)C(=O)N2CC2CCCO2)cc1OC. The van der Waals surface area contributed by atoms with Crippen LogP contribution < -0.4 is 14.2 Å². The summed E-state index contributed by atoms with van der Waals surface area (Å²) < 4.78 is 22.0. The Morgan fingerprint density at radius 1 is 1.11 bits per heavy atom. The van der Waals surface area contributed by atoms with Gasteiger partial charge < -0.3 is 29.0 Å². The van der Waals surface area contributed by atoms with Crippen LogP contribution in [0.5, 0.6) is 17.2 Å². The van der Waals surface area contributed by atoms with E-state index in [1.54, 1.807) is 30.3 Å². The summed E-state index contributed by atoms with van der Waals surface area (Å²) in [6.45, 7) is 3.15. The van der Waals surface area contributed by atoms with E-state index in [2.05, 4.69) is 0 Å². The van der Waals surface area contributed by atoms with E-state index in [0.29, 0.717) is 41.6 Å². The zero-order valence-electron chi connectivity index (χ0n) is 19.9. The number of hydrogen-bond acceptors (Lipinski definition) is 7. The molecule has 2 atom stereocenters. The van der Waals surface area contributed by atoms with Crippen molar-refractivity contribution in [2.24, 2.45) is 0 Å². The van der Waals surface area contributed by atoms with Crippen molar-refractivity contribution in [2.45, 2.75) is 31.9 Å². The van der Waals surface area contributed by atoms with Crippen LogP contribution in [0.15, 0.2) is 42.0 Å². The summed E-state index contributed by atoms with van der Waals surface area (Å²) in [6, 6.07) is 9.05. The number of halogens is 1. The quantitative estimate of drug-likeness (QED) is 0.326. The fourth-order valence-electron chi connectivity index (χ4n) is 4.52. The van der Waals surface area contributed by atoms with Crippen LogP contribution in [0.1, 0.15) is 36.9 Å². The van der Waals surface area contributed by atoms with Crippen LogP contribution in [0, 0.1) is 0 Å². The van der Waals surface area contributed by atoms with Crippen LogP contribution in [0.25, 0.3) is 5.76 Å². The van der Waals surface area contributed by atoms with Crippen LogP contribution in [0.2, 0.25) is 5.02 Å². The van der Waals surface area contributed by atoms with Crippen molar-refractivity contribution in [3.05, 3.63) is 58.1 Å². The average Bonchev–Trinajstić information content (AvgIpc) is 3.46. The Morgan fingerprint density at radius 3 is 2.49 bits per heavy atom. The lowest BCUT2D eigenvalue weighted by Crippen LogP contribution is -2.36. The molecule has 0 radical (unpaired) electrons. The summed E-state index contributed by atoms with van der Waals surface area (Å²) >= 11 is 6.26. The highest BCUT2D eigenvalue weighted by Crippen LogP contribution is 2.43. The highest BCUT2D eigenvalue weighted by atomic mass is 35.5. The Kier molecular flexibility index (Phi) is 7.52. The van der Waals surface area contributed by atoms with Gasteiger partial charge in [0.2, 0.25) is 0 Å². The topological polar surface area (TPSA) is 94.5 Å². The lowest BCUT2D eigenvalue weighted by atomic mass is 9.94. The first-order valence-electron chi connectivity index (χ1n) is 11.4. The second kappa shape index (κ2) is 10.6. The van der Waals surface area contributed by atoms with Crippen molar-refractivity contribution in [1.29, 1.82) is 0 Å². The zero-order chi connectivity index (χ0) is 25.1. The van der Waals surface area contributed by atoms with Gasteiger partial charge in [-0.3, -0.25) is 9.59 Å². The molecule has 0 aromatic heterocycles. The normalized spacial score (nSPS) is 21.4. The molecule has 4 rings (SSSR count). The monoisotopic (exact) mass is 501 g/mol. The first-order valence-corrected chi connectivity index (χ1v) is 11.8. The van der Waals surface area contributed by atoms with Gasteiger partial charge in [0.1, 0.15) is 11.5 Å². The van der Waals surface area contributed by atoms with Crippen molar-refractivity contribution in [3.63, 3.8) is 0 Å². The fraction of sp³-hybridized carbons (Fsp3) is 0.385. The van der Waals surface area contributed by atoms with Gasteiger partial charge in [0.05, 0.1) is 43.6 Å². The van der Waals surface area contributed by atoms with Gasteiger partial charge in [-0.25, -0.2) is 0 Å². The summed E-state index contributed by atoms with van der Waals surface area (Å²) in [4.78, 5) is 27.9. The number of nitrogens with zero attached hydrogens (tertiary/aromatic N) is 1. The largest absolute Gasteiger partial charge is 0.507 e. The van der Waals surface area contributed by atoms with E-state index in [1.165, 1.54) is 25.2 Å². The predicted octanol–water partition coefficient (Wildman–Crippen LogP) is 4.36. The average molecular weight is 502 g/mol. The van der Waals surface area contributed by atoms with E-state index in [1.807, 2.05) is 6.92 Å². The molecule has 2 aromatic carbocycles. The summed E-state index contributed by atoms with van der Waals surface area (Å²) in [5.41, 5.74) is 0.873. The lowest BCUT2D eigenvalue weighted by Gasteiger charge is -2.28. The molecule has 35 heavy (non-hydrogen) atoms. The Morgan fingerprint density at radius 2 is 1.86 bits per heavy atom. The maximum atomic E-state index is 13.3. The third kappa shape index (κ3) is 4.81. The molecule has 0 bridgehead atoms. The first kappa shape index (κ1) is 24.9. The highest BCUT2D eigenvalue weighted by Gasteiger charge is 2.47. The summed E-state index contributed by atoms with van der Waals surface area (Å²) in [7, 11) is 3.00. The van der Waals surface area contributed by atoms with Gasteiger partial charge in [0.15, 0.2) is 11.5 Å². The van der Waals surface area contributed by atoms with Crippen molar-refractivity contribution in [1.82, 2.24) is 4.90 Å². The minimum Gasteiger partial charge on any atom is -0.507 e. The Bertz CT molecular complexity index is 1160. The highest BCUT2D eigenvalue weighted by molar-refractivity contribution is 6.46. The minimum absolute atomic E-state index is 0.0274. The number of carbonyl (C=O) groups is 2. The molecule has 186 valence electrons. The molecule has 0 saturated carbocycles. The van der Waals surface area contributed by atoms with E-state index >= 15 is 0 Å². The smallest absolute Gasteiger partial charge is 0.295 e. The van der Waals surface area contributed by atoms with E-state index < -0.39 is 17.7 Å². The van der Waals surface area contributed by atoms with Gasteiger partial charge in [0.25, 0.3) is 11.7 Å². The molecule has 2 aliphatic heterocycles. The number of aliphatic hydroxyl groups is 1. The maximum absolute atomic E-state index is 13.3. The Balaban J connectivity index is 1.85. The van der Waals surface area contributed by atoms with Gasteiger partial charge in [-0.05, 0) is 55.7 Å². The minimum atomic E-state index is -0.843. The summed E-state index contributed by atoms with van der Waals surface area (Å²) in [5, 5.41) is 11.5. The molecule has 2 fully saturated rings. The molecular weight excluding hydrogens is 474 g/mol. The number of ketones is 1. The summed E-state index contributed by atoms with van der Waals surface area (Å²) in [6.07, 6.45) is 1.49. The fourth-order valence-corrected chi connectivity index (χ4v) is 4.78. The predicted molar refractivity (Wildman–Crippen MR) is 130 cm³/mol. The maximum Gasteiger partial charge on any atom is 0.295 e. The number of likely N-dealkylation sites (tertiary alicyclic amines) is 1. The van der Waals surface area contributed by atoms with E-state index in [4.69, 9.17) is 30.5 Å². The summed E-state index contributed by atoms with van der Waals surface area (Å²) in [5.74, 6) is -0.364. The Labute approximate surface area is 209 Å². The van der Waals surface area contributed by atoms with Crippen molar-refractivity contribution >= 4 is 29.1 Å². The number of methoxy groups -OCH3 is 2. The number of amides is 1. The second-order valence-electron chi connectivity index (χ2n) is 8.28. The van der Waals surface area contributed by atoms with Crippen LogP contribution >= 0.6 is 11.6 Å². The molecule has 2 saturated heterocycles. The lowest BCUT2D eigenvalue weighted by molar-refractivity contribution is -0.140. The number of hydrogen-bond donors (Lipinski definition) is 1. The molecule has 2 heterocycles. The van der Waals surface area contributed by atoms with E-state index in [-0.39, 0.29) is 29.0 Å². The molecule has 2 aliphatic rings. The molecule has 0 spiro atoms.